The van der Waals surface area contributed by atoms with Gasteiger partial charge in [0.25, 0.3) is 0 Å². The lowest BCUT2D eigenvalue weighted by molar-refractivity contribution is -0.145. The Morgan fingerprint density at radius 3 is 2.00 bits per heavy atom. The molecule has 1 aromatic rings. The molecule has 0 spiro atoms. The number of benzene rings is 1. The number of nitrogens with zero attached hydrogens (tertiary/aromatic N) is 2. The Hall–Kier alpha value is -1.92. The van der Waals surface area contributed by atoms with Gasteiger partial charge in [-0.15, -0.1) is 0 Å². The number of ether oxygens (including phenoxy) is 2. The molecule has 0 unspecified atom stereocenters. The van der Waals surface area contributed by atoms with Gasteiger partial charge in [-0.1, -0.05) is 30.3 Å². The third-order valence-corrected chi connectivity index (χ3v) is 4.43. The van der Waals surface area contributed by atoms with E-state index in [2.05, 4.69) is 21.9 Å². The van der Waals surface area contributed by atoms with Crippen molar-refractivity contribution in [3.63, 3.8) is 0 Å². The number of hydrogen-bond acceptors (Lipinski definition) is 6. The molecule has 6 heteroatoms. The molecule has 0 saturated carbocycles. The maximum Gasteiger partial charge on any atom is 0.307 e. The van der Waals surface area contributed by atoms with E-state index in [1.807, 2.05) is 18.2 Å². The first-order valence-corrected chi connectivity index (χ1v) is 8.26. The van der Waals surface area contributed by atoms with Gasteiger partial charge < -0.3 is 9.47 Å². The average Bonchev–Trinajstić information content (AvgIpc) is 2.62. The Kier molecular flexibility index (Phi) is 7.21. The van der Waals surface area contributed by atoms with Crippen LogP contribution in [0.4, 0.5) is 0 Å². The van der Waals surface area contributed by atoms with Crippen molar-refractivity contribution in [2.75, 3.05) is 40.4 Å². The molecule has 6 nitrogen and oxygen atoms in total. The SMILES string of the molecule is COC(=O)CC(CC(=O)OC)N1CCN(Cc2ccccc2)CC1. The smallest absolute Gasteiger partial charge is 0.307 e. The second-order valence-corrected chi connectivity index (χ2v) is 6.01. The van der Waals surface area contributed by atoms with Crippen LogP contribution in [0.3, 0.4) is 0 Å². The Balaban J connectivity index is 1.88. The van der Waals surface area contributed by atoms with E-state index in [0.717, 1.165) is 32.7 Å². The summed E-state index contributed by atoms with van der Waals surface area (Å²) in [6.45, 7) is 4.39. The molecule has 0 aliphatic carbocycles. The lowest BCUT2D eigenvalue weighted by Crippen LogP contribution is -2.51. The fourth-order valence-electron chi connectivity index (χ4n) is 3.01. The normalized spacial score (nSPS) is 16.1. The first-order valence-electron chi connectivity index (χ1n) is 8.26. The van der Waals surface area contributed by atoms with Crippen LogP contribution < -0.4 is 0 Å². The summed E-state index contributed by atoms with van der Waals surface area (Å²) >= 11 is 0. The zero-order chi connectivity index (χ0) is 17.4. The van der Waals surface area contributed by atoms with Crippen LogP contribution >= 0.6 is 0 Å². The van der Waals surface area contributed by atoms with E-state index < -0.39 is 0 Å². The van der Waals surface area contributed by atoms with Crippen molar-refractivity contribution in [3.05, 3.63) is 35.9 Å². The Bertz CT molecular complexity index is 509. The van der Waals surface area contributed by atoms with Crippen LogP contribution in [0.15, 0.2) is 30.3 Å². The molecule has 2 rings (SSSR count). The number of hydrogen-bond donors (Lipinski definition) is 0. The van der Waals surface area contributed by atoms with Crippen LogP contribution in [-0.2, 0) is 25.6 Å². The third kappa shape index (κ3) is 5.62. The van der Waals surface area contributed by atoms with Crippen LogP contribution in [0.5, 0.6) is 0 Å². The molecule has 0 amide bonds. The summed E-state index contributed by atoms with van der Waals surface area (Å²) in [4.78, 5) is 27.8. The quantitative estimate of drug-likeness (QED) is 0.701. The van der Waals surface area contributed by atoms with Gasteiger partial charge in [0.2, 0.25) is 0 Å². The van der Waals surface area contributed by atoms with E-state index in [1.165, 1.54) is 19.8 Å². The van der Waals surface area contributed by atoms with Crippen molar-refractivity contribution >= 4 is 11.9 Å². The molecular formula is C18H26N2O4. The highest BCUT2D eigenvalue weighted by molar-refractivity contribution is 5.73. The van der Waals surface area contributed by atoms with Crippen LogP contribution in [0, 0.1) is 0 Å². The number of esters is 2. The van der Waals surface area contributed by atoms with E-state index >= 15 is 0 Å². The molecule has 1 aliphatic rings. The summed E-state index contributed by atoms with van der Waals surface area (Å²) in [5.74, 6) is -0.591. The van der Waals surface area contributed by atoms with Gasteiger partial charge in [0.05, 0.1) is 27.1 Å². The fourth-order valence-corrected chi connectivity index (χ4v) is 3.01. The third-order valence-electron chi connectivity index (χ3n) is 4.43. The minimum Gasteiger partial charge on any atom is -0.469 e. The van der Waals surface area contributed by atoms with Crippen molar-refractivity contribution in [1.29, 1.82) is 0 Å². The van der Waals surface area contributed by atoms with E-state index in [1.54, 1.807) is 0 Å². The highest BCUT2D eigenvalue weighted by Gasteiger charge is 2.28. The number of carbonyl (C=O) groups is 2. The van der Waals surface area contributed by atoms with Gasteiger partial charge in [0.1, 0.15) is 0 Å². The zero-order valence-corrected chi connectivity index (χ0v) is 14.4. The molecule has 1 heterocycles. The molecule has 1 saturated heterocycles. The molecule has 132 valence electrons. The molecular weight excluding hydrogens is 308 g/mol. The molecule has 1 aliphatic heterocycles. The van der Waals surface area contributed by atoms with Crippen LogP contribution in [0.1, 0.15) is 18.4 Å². The van der Waals surface area contributed by atoms with Gasteiger partial charge in [0.15, 0.2) is 0 Å². The van der Waals surface area contributed by atoms with Crippen LogP contribution in [-0.4, -0.2) is 68.2 Å². The maximum absolute atomic E-state index is 11.6. The fraction of sp³-hybridized carbons (Fsp3) is 0.556. The topological polar surface area (TPSA) is 59.1 Å². The largest absolute Gasteiger partial charge is 0.469 e. The van der Waals surface area contributed by atoms with Crippen molar-refractivity contribution in [2.24, 2.45) is 0 Å². The van der Waals surface area contributed by atoms with Crippen LogP contribution in [0.2, 0.25) is 0 Å². The van der Waals surface area contributed by atoms with Gasteiger partial charge in [-0.2, -0.15) is 0 Å². The summed E-state index contributed by atoms with van der Waals surface area (Å²) < 4.78 is 9.52. The molecule has 0 aromatic heterocycles. The molecule has 24 heavy (non-hydrogen) atoms. The first kappa shape index (κ1) is 18.4. The second kappa shape index (κ2) is 9.39. The number of methoxy groups -OCH3 is 2. The minimum atomic E-state index is -0.296. The average molecular weight is 334 g/mol. The van der Waals surface area contributed by atoms with E-state index in [9.17, 15) is 9.59 Å². The number of rotatable bonds is 7. The van der Waals surface area contributed by atoms with E-state index in [4.69, 9.17) is 9.47 Å². The summed E-state index contributed by atoms with van der Waals surface area (Å²) in [7, 11) is 2.74. The van der Waals surface area contributed by atoms with Gasteiger partial charge in [0, 0.05) is 38.8 Å². The predicted octanol–water partition coefficient (Wildman–Crippen LogP) is 1.30. The Morgan fingerprint density at radius 2 is 1.50 bits per heavy atom. The molecule has 0 N–H and O–H groups in total. The minimum absolute atomic E-state index is 0.163. The highest BCUT2D eigenvalue weighted by Crippen LogP contribution is 2.16. The van der Waals surface area contributed by atoms with E-state index in [0.29, 0.717) is 0 Å². The summed E-state index contributed by atoms with van der Waals surface area (Å²) in [6.07, 6.45) is 0.425. The van der Waals surface area contributed by atoms with Gasteiger partial charge in [-0.05, 0) is 5.56 Å². The van der Waals surface area contributed by atoms with Crippen molar-refractivity contribution in [3.8, 4) is 0 Å². The van der Waals surface area contributed by atoms with Gasteiger partial charge in [-0.25, -0.2) is 0 Å². The Morgan fingerprint density at radius 1 is 0.958 bits per heavy atom. The van der Waals surface area contributed by atoms with Crippen molar-refractivity contribution in [2.45, 2.75) is 25.4 Å². The summed E-state index contributed by atoms with van der Waals surface area (Å²) in [6, 6.07) is 10.2. The lowest BCUT2D eigenvalue weighted by atomic mass is 10.1. The number of piperazine rings is 1. The van der Waals surface area contributed by atoms with Crippen LogP contribution in [0.25, 0.3) is 0 Å². The summed E-state index contributed by atoms with van der Waals surface area (Å²) in [5.41, 5.74) is 1.30. The van der Waals surface area contributed by atoms with E-state index in [-0.39, 0.29) is 30.8 Å². The molecule has 0 atom stereocenters. The molecule has 0 radical (unpaired) electrons. The van der Waals surface area contributed by atoms with Crippen molar-refractivity contribution < 1.29 is 19.1 Å². The second-order valence-electron chi connectivity index (χ2n) is 6.01. The van der Waals surface area contributed by atoms with Gasteiger partial charge >= 0.3 is 11.9 Å². The Labute approximate surface area is 143 Å². The lowest BCUT2D eigenvalue weighted by Gasteiger charge is -2.38. The first-order chi connectivity index (χ1) is 11.6. The van der Waals surface area contributed by atoms with Gasteiger partial charge in [-0.3, -0.25) is 19.4 Å². The molecule has 1 aromatic carbocycles. The zero-order valence-electron chi connectivity index (χ0n) is 14.4. The molecule has 0 bridgehead atoms. The standard InChI is InChI=1S/C18H26N2O4/c1-23-17(21)12-16(13-18(22)24-2)20-10-8-19(9-11-20)14-15-6-4-3-5-7-15/h3-7,16H,8-14H2,1-2H3. The predicted molar refractivity (Wildman–Crippen MR) is 90.3 cm³/mol. The summed E-state index contributed by atoms with van der Waals surface area (Å²) in [5, 5.41) is 0. The molecule has 1 fully saturated rings. The number of carbonyl (C=O) groups excluding carboxylic acids is 2. The maximum atomic E-state index is 11.6. The van der Waals surface area contributed by atoms with Crippen molar-refractivity contribution in [1.82, 2.24) is 9.80 Å². The highest BCUT2D eigenvalue weighted by atomic mass is 16.5. The monoisotopic (exact) mass is 334 g/mol.